The first kappa shape index (κ1) is 46.9. The number of amides is 5. The summed E-state index contributed by atoms with van der Waals surface area (Å²) in [5.41, 5.74) is -1.38. The second-order valence-electron chi connectivity index (χ2n) is 17.0. The Morgan fingerprint density at radius 1 is 0.984 bits per heavy atom. The summed E-state index contributed by atoms with van der Waals surface area (Å²) in [7, 11) is 0. The summed E-state index contributed by atoms with van der Waals surface area (Å²) < 4.78 is 64.3. The van der Waals surface area contributed by atoms with E-state index in [1.807, 2.05) is 30.3 Å². The van der Waals surface area contributed by atoms with Crippen LogP contribution in [0.4, 0.5) is 22.8 Å². The number of nitrogens with zero attached hydrogens (tertiary/aromatic N) is 5. The molecule has 1 N–H and O–H groups in total. The van der Waals surface area contributed by atoms with E-state index in [0.29, 0.717) is 0 Å². The molecule has 62 heavy (non-hydrogen) atoms. The highest BCUT2D eigenvalue weighted by Crippen LogP contribution is 2.43. The van der Waals surface area contributed by atoms with Gasteiger partial charge in [0.25, 0.3) is 17.7 Å². The van der Waals surface area contributed by atoms with Crippen LogP contribution in [-0.4, -0.2) is 117 Å². The monoisotopic (exact) mass is 866 g/mol. The zero-order valence-corrected chi connectivity index (χ0v) is 35.9. The zero-order chi connectivity index (χ0) is 45.5. The van der Waals surface area contributed by atoms with E-state index in [-0.39, 0.29) is 69.4 Å². The highest BCUT2D eigenvalue weighted by atomic mass is 19.1. The number of alkyl carbamates (subject to hydrolysis) is 1. The Bertz CT molecular complexity index is 2160. The Labute approximate surface area is 358 Å². The van der Waals surface area contributed by atoms with Crippen molar-refractivity contribution in [2.45, 2.75) is 85.4 Å². The number of alkyl halides is 1. The normalized spacial score (nSPS) is 17.5. The number of hydrogen-bond acceptors (Lipinski definition) is 10. The van der Waals surface area contributed by atoms with Gasteiger partial charge in [-0.3, -0.25) is 24.1 Å². The van der Waals surface area contributed by atoms with Gasteiger partial charge < -0.3 is 33.9 Å². The predicted octanol–water partition coefficient (Wildman–Crippen LogP) is 5.97. The predicted molar refractivity (Wildman–Crippen MR) is 219 cm³/mol. The molecule has 0 aliphatic carbocycles. The van der Waals surface area contributed by atoms with E-state index in [9.17, 15) is 33.2 Å². The number of ether oxygens (including phenoxy) is 3. The first-order valence-corrected chi connectivity index (χ1v) is 20.2. The Morgan fingerprint density at radius 2 is 1.66 bits per heavy atom. The molecular weight excluding hydrogens is 814 g/mol. The number of hydrogen-bond donors (Lipinski definition) is 1. The van der Waals surface area contributed by atoms with Gasteiger partial charge in [-0.15, -0.1) is 0 Å². The van der Waals surface area contributed by atoms with E-state index in [1.165, 1.54) is 22.9 Å². The van der Waals surface area contributed by atoms with Crippen LogP contribution in [0.3, 0.4) is 0 Å². The summed E-state index contributed by atoms with van der Waals surface area (Å²) in [6.45, 7) is 9.97. The third-order valence-corrected chi connectivity index (χ3v) is 10.4. The summed E-state index contributed by atoms with van der Waals surface area (Å²) in [5.74, 6) is -4.82. The van der Waals surface area contributed by atoms with Gasteiger partial charge in [0.2, 0.25) is 0 Å². The molecule has 5 amide bonds. The smallest absolute Gasteiger partial charge is 0.410 e. The van der Waals surface area contributed by atoms with Crippen molar-refractivity contribution >= 4 is 35.9 Å². The number of likely N-dealkylation sites (tertiary alicyclic amines) is 1. The average Bonchev–Trinajstić information content (AvgIpc) is 3.87. The fourth-order valence-corrected chi connectivity index (χ4v) is 7.39. The molecule has 4 atom stereocenters. The second kappa shape index (κ2) is 19.7. The number of carbonyl (C=O) groups is 6. The third kappa shape index (κ3) is 12.0. The van der Waals surface area contributed by atoms with Crippen LogP contribution >= 0.6 is 0 Å². The Balaban J connectivity index is 1.56. The number of aromatic nitrogens is 2. The number of imide groups is 1. The standard InChI is InChI=1S/C44H53F3N6O9/c1-27(61-28(2)54)40(57)53(24-30-23-51(25-34(30)47)42(59)62-43(3,4)5)38(44(6,7)17-20-60-41(58)48-18-19-52-36(55)15-16-37(52)56)39-49-35(32-21-31(45)13-14-33(32)46)26-50(39)22-29-11-9-8-10-12-29/h8-16,21,26-27,30,34,38H,17-20,22-25H2,1-7H3,(H,48,58). The minimum Gasteiger partial charge on any atom is -0.453 e. The molecule has 334 valence electrons. The van der Waals surface area contributed by atoms with Gasteiger partial charge in [-0.1, -0.05) is 44.2 Å². The molecule has 2 aliphatic rings. The van der Waals surface area contributed by atoms with Crippen LogP contribution in [0.2, 0.25) is 0 Å². The van der Waals surface area contributed by atoms with Crippen molar-refractivity contribution in [3.05, 3.63) is 89.9 Å². The largest absolute Gasteiger partial charge is 0.453 e. The van der Waals surface area contributed by atoms with E-state index in [4.69, 9.17) is 19.2 Å². The van der Waals surface area contributed by atoms with E-state index >= 15 is 8.78 Å². The van der Waals surface area contributed by atoms with Crippen LogP contribution in [0.1, 0.15) is 72.3 Å². The van der Waals surface area contributed by atoms with Gasteiger partial charge in [0.1, 0.15) is 29.2 Å². The lowest BCUT2D eigenvalue weighted by molar-refractivity contribution is -0.161. The number of rotatable bonds is 16. The minimum atomic E-state index is -1.62. The first-order valence-electron chi connectivity index (χ1n) is 20.2. The van der Waals surface area contributed by atoms with Crippen LogP contribution in [0.5, 0.6) is 0 Å². The van der Waals surface area contributed by atoms with Gasteiger partial charge in [0, 0.05) is 69.5 Å². The summed E-state index contributed by atoms with van der Waals surface area (Å²) in [4.78, 5) is 85.1. The van der Waals surface area contributed by atoms with Crippen molar-refractivity contribution in [2.24, 2.45) is 11.3 Å². The molecule has 0 bridgehead atoms. The molecule has 1 aromatic heterocycles. The van der Waals surface area contributed by atoms with Crippen LogP contribution in [0, 0.1) is 23.0 Å². The topological polar surface area (TPSA) is 170 Å². The highest BCUT2D eigenvalue weighted by molar-refractivity contribution is 6.12. The first-order chi connectivity index (χ1) is 29.1. The molecule has 18 heteroatoms. The molecule has 2 aromatic carbocycles. The van der Waals surface area contributed by atoms with Crippen molar-refractivity contribution in [3.8, 4) is 11.3 Å². The number of esters is 1. The third-order valence-electron chi connectivity index (χ3n) is 10.4. The lowest BCUT2D eigenvalue weighted by Crippen LogP contribution is -2.50. The Hall–Kier alpha value is -6.20. The average molecular weight is 867 g/mol. The van der Waals surface area contributed by atoms with Crippen LogP contribution in [0.25, 0.3) is 11.3 Å². The van der Waals surface area contributed by atoms with Gasteiger partial charge in [0.15, 0.2) is 6.10 Å². The molecule has 3 heterocycles. The van der Waals surface area contributed by atoms with Crippen LogP contribution in [0.15, 0.2) is 66.9 Å². The van der Waals surface area contributed by atoms with E-state index in [0.717, 1.165) is 47.7 Å². The number of halogens is 3. The minimum absolute atomic E-state index is 0.0234. The summed E-state index contributed by atoms with van der Waals surface area (Å²) in [5, 5.41) is 2.51. The van der Waals surface area contributed by atoms with Gasteiger partial charge in [-0.2, -0.15) is 0 Å². The molecule has 1 fully saturated rings. The molecule has 0 saturated carbocycles. The second-order valence-corrected chi connectivity index (χ2v) is 17.0. The van der Waals surface area contributed by atoms with Gasteiger partial charge in [-0.25, -0.2) is 27.7 Å². The molecule has 5 rings (SSSR count). The lowest BCUT2D eigenvalue weighted by Gasteiger charge is -2.43. The highest BCUT2D eigenvalue weighted by Gasteiger charge is 2.46. The molecule has 0 radical (unpaired) electrons. The van der Waals surface area contributed by atoms with Crippen molar-refractivity contribution in [1.29, 1.82) is 0 Å². The van der Waals surface area contributed by atoms with Crippen LogP contribution < -0.4 is 5.32 Å². The molecular formula is C44H53F3N6O9. The van der Waals surface area contributed by atoms with E-state index in [2.05, 4.69) is 5.32 Å². The summed E-state index contributed by atoms with van der Waals surface area (Å²) in [6, 6.07) is 10.9. The van der Waals surface area contributed by atoms with Crippen molar-refractivity contribution in [1.82, 2.24) is 29.6 Å². The maximum absolute atomic E-state index is 16.2. The SMILES string of the molecule is CC(=O)OC(C)C(=O)N(CC1CN(C(=O)OC(C)(C)C)CC1F)C(c1nc(-c2cc(F)ccc2F)cn1Cc1ccccc1)C(C)(C)CCOC(=O)NCCN1C(=O)C=CC1=O. The number of nitrogens with one attached hydrogen (secondary N) is 1. The fraction of sp³-hybridized carbons (Fsp3) is 0.477. The zero-order valence-electron chi connectivity index (χ0n) is 35.9. The molecule has 4 unspecified atom stereocenters. The van der Waals surface area contributed by atoms with Crippen LogP contribution in [-0.2, 0) is 39.9 Å². The Kier molecular flexibility index (Phi) is 14.9. The van der Waals surface area contributed by atoms with Crippen molar-refractivity contribution in [3.63, 3.8) is 0 Å². The molecule has 1 saturated heterocycles. The summed E-state index contributed by atoms with van der Waals surface area (Å²) >= 11 is 0. The molecule has 3 aromatic rings. The lowest BCUT2D eigenvalue weighted by atomic mass is 9.79. The van der Waals surface area contributed by atoms with Crippen molar-refractivity contribution < 1.29 is 56.1 Å². The van der Waals surface area contributed by atoms with Gasteiger partial charge in [-0.05, 0) is 63.3 Å². The van der Waals surface area contributed by atoms with E-state index in [1.54, 1.807) is 39.2 Å². The summed E-state index contributed by atoms with van der Waals surface area (Å²) in [6.07, 6.45) is -0.813. The number of benzene rings is 2. The quantitative estimate of drug-likeness (QED) is 0.103. The molecule has 0 spiro atoms. The Morgan fingerprint density at radius 3 is 2.31 bits per heavy atom. The molecule has 15 nitrogen and oxygen atoms in total. The molecule has 2 aliphatic heterocycles. The maximum atomic E-state index is 16.2. The fourth-order valence-electron chi connectivity index (χ4n) is 7.39. The number of carbonyl (C=O) groups excluding carboxylic acids is 6. The van der Waals surface area contributed by atoms with Gasteiger partial charge >= 0.3 is 18.2 Å². The van der Waals surface area contributed by atoms with Gasteiger partial charge in [0.05, 0.1) is 24.9 Å². The van der Waals surface area contributed by atoms with E-state index < -0.39 is 82.8 Å². The maximum Gasteiger partial charge on any atom is 0.410 e. The number of imidazole rings is 1. The van der Waals surface area contributed by atoms with Crippen molar-refractivity contribution in [2.75, 3.05) is 39.3 Å².